The average molecular weight is 484 g/mol. The molecule has 0 saturated carbocycles. The molecule has 0 bridgehead atoms. The molecule has 2 N–H and O–H groups in total. The van der Waals surface area contributed by atoms with Crippen molar-refractivity contribution in [3.63, 3.8) is 0 Å². The molecule has 2 aromatic carbocycles. The van der Waals surface area contributed by atoms with E-state index < -0.39 is 17.9 Å². The number of piperidine rings is 1. The smallest absolute Gasteiger partial charge is 0.410 e. The highest BCUT2D eigenvalue weighted by molar-refractivity contribution is 5.83. The zero-order valence-corrected chi connectivity index (χ0v) is 20.2. The number of likely N-dealkylation sites (tertiary alicyclic amines) is 1. The second kappa shape index (κ2) is 12.8. The van der Waals surface area contributed by atoms with Gasteiger partial charge in [0.15, 0.2) is 6.04 Å². The van der Waals surface area contributed by atoms with Gasteiger partial charge < -0.3 is 20.1 Å². The van der Waals surface area contributed by atoms with Gasteiger partial charge in [0.1, 0.15) is 6.61 Å². The van der Waals surface area contributed by atoms with Gasteiger partial charge in [-0.25, -0.2) is 14.7 Å². The summed E-state index contributed by atoms with van der Waals surface area (Å²) in [6.07, 6.45) is 0.510. The zero-order chi connectivity index (χ0) is 25.2. The van der Waals surface area contributed by atoms with Gasteiger partial charge in [0.25, 0.3) is 0 Å². The fourth-order valence-corrected chi connectivity index (χ4v) is 3.86. The van der Waals surface area contributed by atoms with E-state index in [0.717, 1.165) is 16.2 Å². The molecule has 1 aliphatic heterocycles. The second-order valence-corrected chi connectivity index (χ2v) is 8.39. The number of anilines is 1. The number of ether oxygens (including phenoxy) is 2. The molecule has 1 saturated heterocycles. The Balaban J connectivity index is 1.59. The van der Waals surface area contributed by atoms with Crippen LogP contribution < -0.4 is 5.73 Å². The summed E-state index contributed by atoms with van der Waals surface area (Å²) < 4.78 is 10.6. The van der Waals surface area contributed by atoms with Gasteiger partial charge in [-0.15, -0.1) is 0 Å². The lowest BCUT2D eigenvalue weighted by atomic mass is 10.0. The first kappa shape index (κ1) is 26.0. The molecule has 188 valence electrons. The second-order valence-electron chi connectivity index (χ2n) is 8.39. The monoisotopic (exact) mass is 483 g/mol. The van der Waals surface area contributed by atoms with E-state index in [1.807, 2.05) is 30.3 Å². The quantitative estimate of drug-likeness (QED) is 0.331. The van der Waals surface area contributed by atoms with Crippen LogP contribution in [0.1, 0.15) is 37.8 Å². The predicted molar refractivity (Wildman–Crippen MR) is 130 cm³/mol. The summed E-state index contributed by atoms with van der Waals surface area (Å²) in [5.41, 5.74) is 8.11. The van der Waals surface area contributed by atoms with Crippen LogP contribution in [0.3, 0.4) is 0 Å². The van der Waals surface area contributed by atoms with Gasteiger partial charge in [-0.2, -0.15) is 0 Å². The van der Waals surface area contributed by atoms with Crippen molar-refractivity contribution in [3.8, 4) is 0 Å². The van der Waals surface area contributed by atoms with Crippen LogP contribution >= 0.6 is 0 Å². The van der Waals surface area contributed by atoms with Gasteiger partial charge in [0.2, 0.25) is 5.91 Å². The number of nitrogens with zero attached hydrogens (tertiary/aromatic N) is 2. The maximum Gasteiger partial charge on any atom is 0.410 e. The molecule has 9 nitrogen and oxygen atoms in total. The van der Waals surface area contributed by atoms with Crippen LogP contribution in [0.15, 0.2) is 54.6 Å². The standard InChI is InChI=1S/C26H33N3O6/c1-3-33-25(31)24(17-20-9-11-22(27)12-10-20)29(19(2)30)35-23-13-15-28(16-14-23)26(32)34-18-21-7-5-4-6-8-21/h4-12,23-24H,3,13-18,27H2,1-2H3/t24-/m0/s1. The molecule has 1 heterocycles. The van der Waals surface area contributed by atoms with Crippen molar-refractivity contribution in [1.29, 1.82) is 0 Å². The fraction of sp³-hybridized carbons (Fsp3) is 0.423. The van der Waals surface area contributed by atoms with E-state index in [4.69, 9.17) is 20.0 Å². The minimum atomic E-state index is -0.940. The van der Waals surface area contributed by atoms with Gasteiger partial charge in [-0.05, 0) is 43.0 Å². The molecule has 2 amide bonds. The minimum Gasteiger partial charge on any atom is -0.464 e. The number of hydrogen-bond acceptors (Lipinski definition) is 7. The summed E-state index contributed by atoms with van der Waals surface area (Å²) >= 11 is 0. The summed E-state index contributed by atoms with van der Waals surface area (Å²) in [6, 6.07) is 15.6. The average Bonchev–Trinajstić information content (AvgIpc) is 2.86. The third-order valence-corrected chi connectivity index (χ3v) is 5.73. The number of nitrogens with two attached hydrogens (primary N) is 1. The van der Waals surface area contributed by atoms with Gasteiger partial charge in [0, 0.05) is 32.1 Å². The molecule has 1 atom stereocenters. The van der Waals surface area contributed by atoms with Crippen molar-refractivity contribution in [2.24, 2.45) is 0 Å². The molecule has 0 aliphatic carbocycles. The molecule has 0 spiro atoms. The largest absolute Gasteiger partial charge is 0.464 e. The summed E-state index contributed by atoms with van der Waals surface area (Å²) in [7, 11) is 0. The lowest BCUT2D eigenvalue weighted by Gasteiger charge is -2.36. The number of carbonyl (C=O) groups excluding carboxylic acids is 3. The highest BCUT2D eigenvalue weighted by Crippen LogP contribution is 2.20. The van der Waals surface area contributed by atoms with Crippen molar-refractivity contribution in [3.05, 3.63) is 65.7 Å². The van der Waals surface area contributed by atoms with Crippen LogP contribution in [-0.2, 0) is 36.9 Å². The van der Waals surface area contributed by atoms with Crippen molar-refractivity contribution in [1.82, 2.24) is 9.96 Å². The maximum absolute atomic E-state index is 12.7. The fourth-order valence-electron chi connectivity index (χ4n) is 3.86. The first-order valence-electron chi connectivity index (χ1n) is 11.8. The van der Waals surface area contributed by atoms with Gasteiger partial charge >= 0.3 is 12.1 Å². The van der Waals surface area contributed by atoms with Crippen LogP contribution in [0, 0.1) is 0 Å². The molecule has 3 rings (SSSR count). The molecule has 9 heteroatoms. The summed E-state index contributed by atoms with van der Waals surface area (Å²) in [5, 5.41) is 1.11. The van der Waals surface area contributed by atoms with Crippen LogP contribution in [0.4, 0.5) is 10.5 Å². The number of carbonyl (C=O) groups is 3. The topological polar surface area (TPSA) is 111 Å². The first-order chi connectivity index (χ1) is 16.9. The van der Waals surface area contributed by atoms with Crippen LogP contribution in [0.5, 0.6) is 0 Å². The van der Waals surface area contributed by atoms with E-state index in [-0.39, 0.29) is 31.8 Å². The lowest BCUT2D eigenvalue weighted by molar-refractivity contribution is -0.229. The van der Waals surface area contributed by atoms with Crippen LogP contribution in [0.2, 0.25) is 0 Å². The van der Waals surface area contributed by atoms with Gasteiger partial charge in [-0.1, -0.05) is 42.5 Å². The number of nitrogen functional groups attached to an aromatic ring is 1. The molecular weight excluding hydrogens is 450 g/mol. The Bertz CT molecular complexity index is 974. The Morgan fingerprint density at radius 3 is 2.26 bits per heavy atom. The maximum atomic E-state index is 12.7. The Labute approximate surface area is 205 Å². The Kier molecular flexibility index (Phi) is 9.48. The Hall–Kier alpha value is -3.59. The SMILES string of the molecule is CCOC(=O)[C@H](Cc1ccc(N)cc1)N(OC1CCN(C(=O)OCc2ccccc2)CC1)C(C)=O. The molecule has 2 aromatic rings. The molecule has 0 aromatic heterocycles. The van der Waals surface area contributed by atoms with E-state index >= 15 is 0 Å². The van der Waals surface area contributed by atoms with E-state index in [9.17, 15) is 14.4 Å². The number of rotatable bonds is 9. The van der Waals surface area contributed by atoms with Crippen LogP contribution in [0.25, 0.3) is 0 Å². The number of esters is 1. The Morgan fingerprint density at radius 2 is 1.66 bits per heavy atom. The first-order valence-corrected chi connectivity index (χ1v) is 11.8. The van der Waals surface area contributed by atoms with Crippen molar-refractivity contribution >= 4 is 23.7 Å². The molecule has 1 fully saturated rings. The van der Waals surface area contributed by atoms with Crippen molar-refractivity contribution in [2.75, 3.05) is 25.4 Å². The molecular formula is C26H33N3O6. The highest BCUT2D eigenvalue weighted by atomic mass is 16.7. The van der Waals surface area contributed by atoms with Gasteiger partial charge in [0.05, 0.1) is 12.7 Å². The number of amides is 2. The minimum absolute atomic E-state index is 0.187. The van der Waals surface area contributed by atoms with E-state index in [2.05, 4.69) is 0 Å². The number of benzene rings is 2. The van der Waals surface area contributed by atoms with Crippen LogP contribution in [-0.4, -0.2) is 59.8 Å². The number of hydrogen-bond donors (Lipinski definition) is 1. The van der Waals surface area contributed by atoms with E-state index in [0.29, 0.717) is 31.6 Å². The normalized spacial score (nSPS) is 14.7. The van der Waals surface area contributed by atoms with Crippen molar-refractivity contribution < 1.29 is 28.7 Å². The highest BCUT2D eigenvalue weighted by Gasteiger charge is 2.34. The van der Waals surface area contributed by atoms with E-state index in [1.54, 1.807) is 36.1 Å². The molecule has 35 heavy (non-hydrogen) atoms. The third-order valence-electron chi connectivity index (χ3n) is 5.73. The molecule has 0 unspecified atom stereocenters. The zero-order valence-electron chi connectivity index (χ0n) is 20.2. The summed E-state index contributed by atoms with van der Waals surface area (Å²) in [4.78, 5) is 45.3. The number of hydroxylamine groups is 2. The summed E-state index contributed by atoms with van der Waals surface area (Å²) in [5.74, 6) is -0.940. The Morgan fingerprint density at radius 1 is 1.00 bits per heavy atom. The van der Waals surface area contributed by atoms with Gasteiger partial charge in [-0.3, -0.25) is 9.63 Å². The van der Waals surface area contributed by atoms with E-state index in [1.165, 1.54) is 6.92 Å². The van der Waals surface area contributed by atoms with Crippen molar-refractivity contribution in [2.45, 2.75) is 51.9 Å². The predicted octanol–water partition coefficient (Wildman–Crippen LogP) is 3.32. The molecule has 0 radical (unpaired) electrons. The summed E-state index contributed by atoms with van der Waals surface area (Å²) in [6.45, 7) is 4.31. The third kappa shape index (κ3) is 7.71. The lowest BCUT2D eigenvalue weighted by Crippen LogP contribution is -2.50. The molecule has 1 aliphatic rings.